The van der Waals surface area contributed by atoms with Gasteiger partial charge in [0.2, 0.25) is 5.91 Å². The molecule has 132 valence electrons. The smallest absolute Gasteiger partial charge is 0.339 e. The van der Waals surface area contributed by atoms with Gasteiger partial charge < -0.3 is 10.2 Å². The van der Waals surface area contributed by atoms with Crippen molar-refractivity contribution < 1.29 is 18.0 Å². The summed E-state index contributed by atoms with van der Waals surface area (Å²) in [5.74, 6) is -0.395. The molecular formula is C18H23F3N2O. The molecule has 1 aromatic rings. The number of piperidine rings is 1. The number of carbonyl (C=O) groups is 1. The minimum Gasteiger partial charge on any atom is -0.339 e. The van der Waals surface area contributed by atoms with Gasteiger partial charge in [0.1, 0.15) is 0 Å². The molecule has 24 heavy (non-hydrogen) atoms. The Morgan fingerprint density at radius 3 is 2.42 bits per heavy atom. The molecular weight excluding hydrogens is 317 g/mol. The quantitative estimate of drug-likeness (QED) is 0.895. The van der Waals surface area contributed by atoms with Gasteiger partial charge in [-0.3, -0.25) is 4.79 Å². The van der Waals surface area contributed by atoms with E-state index in [0.717, 1.165) is 6.07 Å². The Balaban J connectivity index is 2.10. The average molecular weight is 340 g/mol. The Kier molecular flexibility index (Phi) is 4.36. The molecule has 0 saturated carbocycles. The molecule has 0 bridgehead atoms. The number of hydrogen-bond donors (Lipinski definition) is 1. The van der Waals surface area contributed by atoms with Crippen LogP contribution in [0.5, 0.6) is 0 Å². The Labute approximate surface area is 140 Å². The Morgan fingerprint density at radius 2 is 1.83 bits per heavy atom. The van der Waals surface area contributed by atoms with Crippen LogP contribution < -0.4 is 5.32 Å². The van der Waals surface area contributed by atoms with Crippen molar-refractivity contribution in [3.8, 4) is 0 Å². The molecule has 0 aromatic heterocycles. The third kappa shape index (κ3) is 2.70. The van der Waals surface area contributed by atoms with Crippen LogP contribution >= 0.6 is 0 Å². The minimum absolute atomic E-state index is 0.00712. The number of nitrogens with zero attached hydrogens (tertiary/aromatic N) is 1. The summed E-state index contributed by atoms with van der Waals surface area (Å²) >= 11 is 0. The van der Waals surface area contributed by atoms with E-state index in [1.165, 1.54) is 6.07 Å². The zero-order valence-electron chi connectivity index (χ0n) is 14.0. The summed E-state index contributed by atoms with van der Waals surface area (Å²) < 4.78 is 40.5. The molecule has 1 aromatic carbocycles. The van der Waals surface area contributed by atoms with Gasteiger partial charge in [-0.25, -0.2) is 0 Å². The topological polar surface area (TPSA) is 32.3 Å². The van der Waals surface area contributed by atoms with E-state index in [-0.39, 0.29) is 17.5 Å². The van der Waals surface area contributed by atoms with Gasteiger partial charge in [0.05, 0.1) is 11.0 Å². The third-order valence-corrected chi connectivity index (χ3v) is 5.49. The summed E-state index contributed by atoms with van der Waals surface area (Å²) in [5, 5.41) is 3.22. The van der Waals surface area contributed by atoms with Crippen molar-refractivity contribution in [2.75, 3.05) is 19.6 Å². The van der Waals surface area contributed by atoms with Crippen molar-refractivity contribution in [2.45, 2.75) is 44.8 Å². The van der Waals surface area contributed by atoms with E-state index in [2.05, 4.69) is 5.32 Å². The first-order valence-electron chi connectivity index (χ1n) is 8.45. The Morgan fingerprint density at radius 1 is 1.21 bits per heavy atom. The maximum absolute atomic E-state index is 13.5. The molecule has 2 heterocycles. The van der Waals surface area contributed by atoms with Crippen LogP contribution in [-0.2, 0) is 11.0 Å². The average Bonchev–Trinajstić information content (AvgIpc) is 2.81. The lowest BCUT2D eigenvalue weighted by Gasteiger charge is -2.37. The van der Waals surface area contributed by atoms with E-state index in [0.29, 0.717) is 32.5 Å². The standard InChI is InChI=1S/C18H23F3N2O/c1-12(2)23-11-15(17(16(23)24)7-9-22-10-8-17)13-5-3-4-6-14(13)18(19,20)21/h3-6,12,15,22H,7-11H2,1-2H3/t15-/m0/s1. The molecule has 3 rings (SSSR count). The van der Waals surface area contributed by atoms with Crippen LogP contribution in [0.15, 0.2) is 24.3 Å². The first kappa shape index (κ1) is 17.3. The van der Waals surface area contributed by atoms with Crippen molar-refractivity contribution >= 4 is 5.91 Å². The first-order chi connectivity index (χ1) is 11.3. The van der Waals surface area contributed by atoms with Gasteiger partial charge in [-0.2, -0.15) is 13.2 Å². The van der Waals surface area contributed by atoms with Crippen LogP contribution in [0, 0.1) is 5.41 Å². The van der Waals surface area contributed by atoms with Crippen LogP contribution in [0.1, 0.15) is 43.7 Å². The predicted octanol–water partition coefficient (Wildman–Crippen LogP) is 3.41. The number of carbonyl (C=O) groups excluding carboxylic acids is 1. The van der Waals surface area contributed by atoms with Crippen LogP contribution in [0.2, 0.25) is 0 Å². The van der Waals surface area contributed by atoms with E-state index in [4.69, 9.17) is 0 Å². The second-order valence-corrected chi connectivity index (χ2v) is 7.09. The molecule has 1 spiro atoms. The number of amides is 1. The van der Waals surface area contributed by atoms with E-state index >= 15 is 0 Å². The molecule has 2 aliphatic rings. The highest BCUT2D eigenvalue weighted by atomic mass is 19.4. The molecule has 0 radical (unpaired) electrons. The molecule has 1 amide bonds. The lowest BCUT2D eigenvalue weighted by atomic mass is 9.67. The van der Waals surface area contributed by atoms with Gasteiger partial charge in [-0.15, -0.1) is 0 Å². The molecule has 0 unspecified atom stereocenters. The van der Waals surface area contributed by atoms with Crippen molar-refractivity contribution in [2.24, 2.45) is 5.41 Å². The minimum atomic E-state index is -4.40. The number of alkyl halides is 3. The lowest BCUT2D eigenvalue weighted by molar-refractivity contribution is -0.141. The molecule has 0 aliphatic carbocycles. The van der Waals surface area contributed by atoms with Crippen LogP contribution in [0.25, 0.3) is 0 Å². The number of hydrogen-bond acceptors (Lipinski definition) is 2. The fourth-order valence-corrected chi connectivity index (χ4v) is 4.22. The predicted molar refractivity (Wildman–Crippen MR) is 85.6 cm³/mol. The van der Waals surface area contributed by atoms with Crippen LogP contribution in [0.4, 0.5) is 13.2 Å². The van der Waals surface area contributed by atoms with E-state index in [9.17, 15) is 18.0 Å². The Hall–Kier alpha value is -1.56. The fourth-order valence-electron chi connectivity index (χ4n) is 4.22. The SMILES string of the molecule is CC(C)N1C[C@@H](c2ccccc2C(F)(F)F)C2(CCNCC2)C1=O. The second kappa shape index (κ2) is 6.06. The van der Waals surface area contributed by atoms with Crippen molar-refractivity contribution in [3.05, 3.63) is 35.4 Å². The van der Waals surface area contributed by atoms with E-state index in [1.54, 1.807) is 17.0 Å². The lowest BCUT2D eigenvalue weighted by Crippen LogP contribution is -2.45. The number of rotatable bonds is 2. The zero-order valence-corrected chi connectivity index (χ0v) is 14.0. The highest BCUT2D eigenvalue weighted by molar-refractivity contribution is 5.87. The highest BCUT2D eigenvalue weighted by Crippen LogP contribution is 2.52. The summed E-state index contributed by atoms with van der Waals surface area (Å²) in [6.45, 7) is 5.55. The van der Waals surface area contributed by atoms with Crippen LogP contribution in [-0.4, -0.2) is 36.5 Å². The molecule has 6 heteroatoms. The summed E-state index contributed by atoms with van der Waals surface area (Å²) in [5.41, 5.74) is -1.05. The number of halogens is 3. The van der Waals surface area contributed by atoms with Crippen molar-refractivity contribution in [1.29, 1.82) is 0 Å². The number of likely N-dealkylation sites (tertiary alicyclic amines) is 1. The zero-order chi connectivity index (χ0) is 17.5. The Bertz CT molecular complexity index is 621. The highest BCUT2D eigenvalue weighted by Gasteiger charge is 2.56. The molecule has 2 saturated heterocycles. The van der Waals surface area contributed by atoms with Crippen molar-refractivity contribution in [1.82, 2.24) is 10.2 Å². The molecule has 2 aliphatic heterocycles. The van der Waals surface area contributed by atoms with E-state index in [1.807, 2.05) is 13.8 Å². The maximum atomic E-state index is 13.5. The molecule has 1 atom stereocenters. The van der Waals surface area contributed by atoms with E-state index < -0.39 is 23.1 Å². The third-order valence-electron chi connectivity index (χ3n) is 5.49. The summed E-state index contributed by atoms with van der Waals surface area (Å²) in [6, 6.07) is 5.73. The van der Waals surface area contributed by atoms with Gasteiger partial charge in [0.25, 0.3) is 0 Å². The molecule has 3 nitrogen and oxygen atoms in total. The number of nitrogens with one attached hydrogen (secondary N) is 1. The summed E-state index contributed by atoms with van der Waals surface area (Å²) in [6.07, 6.45) is -3.23. The van der Waals surface area contributed by atoms with Crippen LogP contribution in [0.3, 0.4) is 0 Å². The summed E-state index contributed by atoms with van der Waals surface area (Å²) in [7, 11) is 0. The largest absolute Gasteiger partial charge is 0.416 e. The summed E-state index contributed by atoms with van der Waals surface area (Å²) in [4.78, 5) is 14.8. The van der Waals surface area contributed by atoms with Gasteiger partial charge >= 0.3 is 6.18 Å². The van der Waals surface area contributed by atoms with Crippen molar-refractivity contribution in [3.63, 3.8) is 0 Å². The van der Waals surface area contributed by atoms with Gasteiger partial charge in [0.15, 0.2) is 0 Å². The molecule has 1 N–H and O–H groups in total. The second-order valence-electron chi connectivity index (χ2n) is 7.09. The maximum Gasteiger partial charge on any atom is 0.416 e. The monoisotopic (exact) mass is 340 g/mol. The van der Waals surface area contributed by atoms with Gasteiger partial charge in [-0.1, -0.05) is 18.2 Å². The van der Waals surface area contributed by atoms with Gasteiger partial charge in [0, 0.05) is 18.5 Å². The fraction of sp³-hybridized carbons (Fsp3) is 0.611. The molecule has 2 fully saturated rings. The first-order valence-corrected chi connectivity index (χ1v) is 8.45. The number of benzene rings is 1. The normalized spacial score (nSPS) is 24.2. The van der Waals surface area contributed by atoms with Gasteiger partial charge in [-0.05, 0) is 51.4 Å².